The van der Waals surface area contributed by atoms with Gasteiger partial charge in [0.1, 0.15) is 11.5 Å². The van der Waals surface area contributed by atoms with E-state index in [2.05, 4.69) is 79.4 Å². The summed E-state index contributed by atoms with van der Waals surface area (Å²) >= 11 is 1.72. The van der Waals surface area contributed by atoms with E-state index >= 15 is 0 Å². The molecule has 192 valence electrons. The Hall–Kier alpha value is -3.71. The van der Waals surface area contributed by atoms with Gasteiger partial charge in [-0.1, -0.05) is 49.9 Å². The molecule has 7 heteroatoms. The standard InChI is InChI=1S/C31H32N6S/c1-2-10-24(9-1)33-28-14-6-13-27-29(26-15-17-32-31(35-26)34-25-11-3-4-12-25)30(36-37(27)28)22-8-5-7-21(19-22)23-16-18-38-20-23/h5-8,13-20,24-25,33H,1-4,9-12H2,(H,32,34,35). The highest BCUT2D eigenvalue weighted by atomic mass is 32.1. The van der Waals surface area contributed by atoms with E-state index in [9.17, 15) is 0 Å². The SMILES string of the molecule is c1cc(-c2ccsc2)cc(-c2nn3c(NC4CCCC4)cccc3c2-c2ccnc(NC3CCCC3)n2)c1. The van der Waals surface area contributed by atoms with Crippen molar-refractivity contribution in [3.63, 3.8) is 0 Å². The Kier molecular flexibility index (Phi) is 6.29. The topological polar surface area (TPSA) is 67.1 Å². The number of nitrogens with zero attached hydrogens (tertiary/aromatic N) is 4. The Bertz CT molecular complexity index is 1540. The highest BCUT2D eigenvalue weighted by Crippen LogP contribution is 2.38. The third-order valence-corrected chi connectivity index (χ3v) is 8.64. The Labute approximate surface area is 227 Å². The lowest BCUT2D eigenvalue weighted by atomic mass is 10.00. The highest BCUT2D eigenvalue weighted by molar-refractivity contribution is 7.08. The van der Waals surface area contributed by atoms with Gasteiger partial charge >= 0.3 is 0 Å². The average molecular weight is 521 g/mol. The lowest BCUT2D eigenvalue weighted by Gasteiger charge is -2.14. The fraction of sp³-hybridized carbons (Fsp3) is 0.323. The molecule has 0 aliphatic heterocycles. The molecule has 0 saturated heterocycles. The summed E-state index contributed by atoms with van der Waals surface area (Å²) in [7, 11) is 0. The Balaban J connectivity index is 1.37. The molecule has 7 rings (SSSR count). The van der Waals surface area contributed by atoms with E-state index in [1.165, 1.54) is 62.5 Å². The molecule has 4 heterocycles. The number of thiophene rings is 1. The summed E-state index contributed by atoms with van der Waals surface area (Å²) in [6, 6.07) is 20.3. The Morgan fingerprint density at radius 3 is 2.34 bits per heavy atom. The van der Waals surface area contributed by atoms with E-state index in [1.54, 1.807) is 11.3 Å². The van der Waals surface area contributed by atoms with Gasteiger partial charge < -0.3 is 10.6 Å². The van der Waals surface area contributed by atoms with Crippen molar-refractivity contribution in [2.75, 3.05) is 10.6 Å². The van der Waals surface area contributed by atoms with Crippen LogP contribution in [0.5, 0.6) is 0 Å². The first-order chi connectivity index (χ1) is 18.8. The summed E-state index contributed by atoms with van der Waals surface area (Å²) in [5, 5.41) is 16.9. The molecule has 2 fully saturated rings. The van der Waals surface area contributed by atoms with Crippen LogP contribution in [0.25, 0.3) is 39.2 Å². The minimum absolute atomic E-state index is 0.457. The minimum Gasteiger partial charge on any atom is -0.367 e. The third-order valence-electron chi connectivity index (χ3n) is 7.96. The summed E-state index contributed by atoms with van der Waals surface area (Å²) < 4.78 is 2.08. The van der Waals surface area contributed by atoms with Crippen LogP contribution < -0.4 is 10.6 Å². The smallest absolute Gasteiger partial charge is 0.223 e. The van der Waals surface area contributed by atoms with Crippen molar-refractivity contribution in [3.8, 4) is 33.6 Å². The van der Waals surface area contributed by atoms with E-state index in [4.69, 9.17) is 10.1 Å². The van der Waals surface area contributed by atoms with Crippen LogP contribution in [0, 0.1) is 0 Å². The molecule has 5 aromatic rings. The summed E-state index contributed by atoms with van der Waals surface area (Å²) in [6.07, 6.45) is 11.8. The lowest BCUT2D eigenvalue weighted by Crippen LogP contribution is -2.17. The molecular weight excluding hydrogens is 488 g/mol. The number of pyridine rings is 1. The van der Waals surface area contributed by atoms with Gasteiger partial charge in [0, 0.05) is 23.8 Å². The Morgan fingerprint density at radius 2 is 1.55 bits per heavy atom. The first-order valence-electron chi connectivity index (χ1n) is 13.8. The molecule has 2 saturated carbocycles. The first kappa shape index (κ1) is 23.4. The number of aromatic nitrogens is 4. The van der Waals surface area contributed by atoms with Crippen LogP contribution >= 0.6 is 11.3 Å². The largest absolute Gasteiger partial charge is 0.367 e. The maximum Gasteiger partial charge on any atom is 0.223 e. The van der Waals surface area contributed by atoms with E-state index in [-0.39, 0.29) is 0 Å². The predicted molar refractivity (Wildman–Crippen MR) is 157 cm³/mol. The van der Waals surface area contributed by atoms with Crippen molar-refractivity contribution < 1.29 is 0 Å². The van der Waals surface area contributed by atoms with E-state index in [1.807, 2.05) is 12.3 Å². The molecule has 0 atom stereocenters. The maximum absolute atomic E-state index is 5.23. The van der Waals surface area contributed by atoms with Crippen molar-refractivity contribution in [1.82, 2.24) is 19.6 Å². The number of benzene rings is 1. The average Bonchev–Trinajstić information content (AvgIpc) is 3.77. The molecule has 0 radical (unpaired) electrons. The fourth-order valence-corrected chi connectivity index (χ4v) is 6.67. The fourth-order valence-electron chi connectivity index (χ4n) is 6.01. The normalized spacial score (nSPS) is 16.4. The zero-order valence-corrected chi connectivity index (χ0v) is 22.3. The monoisotopic (exact) mass is 520 g/mol. The molecule has 0 amide bonds. The third kappa shape index (κ3) is 4.56. The second-order valence-electron chi connectivity index (χ2n) is 10.5. The van der Waals surface area contributed by atoms with Gasteiger partial charge in [-0.15, -0.1) is 0 Å². The molecule has 4 aromatic heterocycles. The number of anilines is 2. The van der Waals surface area contributed by atoms with E-state index in [0.29, 0.717) is 18.0 Å². The molecular formula is C31H32N6S. The molecule has 2 aliphatic carbocycles. The van der Waals surface area contributed by atoms with Gasteiger partial charge in [0.2, 0.25) is 5.95 Å². The minimum atomic E-state index is 0.457. The van der Waals surface area contributed by atoms with Crippen LogP contribution in [0.4, 0.5) is 11.8 Å². The summed E-state index contributed by atoms with van der Waals surface area (Å²) in [4.78, 5) is 9.59. The maximum atomic E-state index is 5.23. The first-order valence-corrected chi connectivity index (χ1v) is 14.8. The zero-order valence-electron chi connectivity index (χ0n) is 21.4. The van der Waals surface area contributed by atoms with Gasteiger partial charge in [-0.25, -0.2) is 14.5 Å². The van der Waals surface area contributed by atoms with Gasteiger partial charge in [0.05, 0.1) is 16.8 Å². The number of hydrogen-bond donors (Lipinski definition) is 2. The van der Waals surface area contributed by atoms with Gasteiger partial charge in [0.25, 0.3) is 0 Å². The van der Waals surface area contributed by atoms with Crippen LogP contribution in [0.1, 0.15) is 51.4 Å². The van der Waals surface area contributed by atoms with Crippen molar-refractivity contribution in [2.24, 2.45) is 0 Å². The van der Waals surface area contributed by atoms with Gasteiger partial charge in [0.15, 0.2) is 0 Å². The van der Waals surface area contributed by atoms with Gasteiger partial charge in [-0.2, -0.15) is 16.4 Å². The van der Waals surface area contributed by atoms with Crippen molar-refractivity contribution >= 4 is 28.6 Å². The highest BCUT2D eigenvalue weighted by Gasteiger charge is 2.23. The molecule has 0 unspecified atom stereocenters. The summed E-state index contributed by atoms with van der Waals surface area (Å²) in [5.74, 6) is 1.74. The Morgan fingerprint density at radius 1 is 0.789 bits per heavy atom. The van der Waals surface area contributed by atoms with Crippen LogP contribution in [0.2, 0.25) is 0 Å². The molecule has 0 spiro atoms. The molecule has 2 N–H and O–H groups in total. The van der Waals surface area contributed by atoms with Crippen molar-refractivity contribution in [1.29, 1.82) is 0 Å². The van der Waals surface area contributed by atoms with Crippen LogP contribution in [0.3, 0.4) is 0 Å². The second kappa shape index (κ2) is 10.2. The zero-order chi connectivity index (χ0) is 25.3. The summed E-state index contributed by atoms with van der Waals surface area (Å²) in [5.41, 5.74) is 7.44. The van der Waals surface area contributed by atoms with Gasteiger partial charge in [-0.3, -0.25) is 0 Å². The molecule has 38 heavy (non-hydrogen) atoms. The molecule has 1 aromatic carbocycles. The van der Waals surface area contributed by atoms with E-state index < -0.39 is 0 Å². The van der Waals surface area contributed by atoms with Crippen molar-refractivity contribution in [3.05, 3.63) is 71.6 Å². The number of hydrogen-bond acceptors (Lipinski definition) is 6. The van der Waals surface area contributed by atoms with Crippen LogP contribution in [0.15, 0.2) is 71.6 Å². The molecule has 2 aliphatic rings. The summed E-state index contributed by atoms with van der Waals surface area (Å²) in [6.45, 7) is 0. The van der Waals surface area contributed by atoms with Gasteiger partial charge in [-0.05, 0) is 77.9 Å². The number of rotatable bonds is 7. The van der Waals surface area contributed by atoms with Crippen molar-refractivity contribution in [2.45, 2.75) is 63.5 Å². The quantitative estimate of drug-likeness (QED) is 0.228. The second-order valence-corrected chi connectivity index (χ2v) is 11.3. The number of nitrogens with one attached hydrogen (secondary N) is 2. The van der Waals surface area contributed by atoms with Crippen LogP contribution in [-0.4, -0.2) is 31.7 Å². The predicted octanol–water partition coefficient (Wildman–Crippen LogP) is 7.90. The van der Waals surface area contributed by atoms with E-state index in [0.717, 1.165) is 33.8 Å². The van der Waals surface area contributed by atoms with Crippen LogP contribution in [-0.2, 0) is 0 Å². The molecule has 0 bridgehead atoms. The lowest BCUT2D eigenvalue weighted by molar-refractivity contribution is 0.742. The molecule has 6 nitrogen and oxygen atoms in total. The number of fused-ring (bicyclic) bond motifs is 1.